The molecule has 0 saturated carbocycles. The number of methoxy groups -OCH3 is 1. The molecule has 4 nitrogen and oxygen atoms in total. The molecule has 1 aromatic carbocycles. The topological polar surface area (TPSA) is 38.8 Å². The second-order valence-corrected chi connectivity index (χ2v) is 6.72. The lowest BCUT2D eigenvalue weighted by Gasteiger charge is -2.25. The van der Waals surface area contributed by atoms with E-state index >= 15 is 0 Å². The van der Waals surface area contributed by atoms with Crippen molar-refractivity contribution in [3.8, 4) is 11.5 Å². The van der Waals surface area contributed by atoms with E-state index in [1.54, 1.807) is 30.6 Å². The van der Waals surface area contributed by atoms with Gasteiger partial charge in [0.1, 0.15) is 6.61 Å². The molecule has 130 valence electrons. The predicted octanol–water partition coefficient (Wildman–Crippen LogP) is 3.92. The molecule has 3 rings (SSSR count). The smallest absolute Gasteiger partial charge is 0.246 e. The van der Waals surface area contributed by atoms with E-state index in [1.165, 1.54) is 10.4 Å². The fourth-order valence-electron chi connectivity index (χ4n) is 2.77. The summed E-state index contributed by atoms with van der Waals surface area (Å²) in [5.41, 5.74) is 2.16. The van der Waals surface area contributed by atoms with Crippen LogP contribution in [0.4, 0.5) is 0 Å². The summed E-state index contributed by atoms with van der Waals surface area (Å²) in [6, 6.07) is 7.70. The third kappa shape index (κ3) is 4.12. The molecule has 0 spiro atoms. The highest BCUT2D eigenvalue weighted by Crippen LogP contribution is 2.29. The molecule has 1 aromatic heterocycles. The lowest BCUT2D eigenvalue weighted by Crippen LogP contribution is -2.34. The number of benzene rings is 1. The molecule has 0 fully saturated rings. The predicted molar refractivity (Wildman–Crippen MR) is 101 cm³/mol. The zero-order valence-electron chi connectivity index (χ0n) is 14.2. The molecule has 0 bridgehead atoms. The van der Waals surface area contributed by atoms with Crippen LogP contribution in [0.15, 0.2) is 48.4 Å². The summed E-state index contributed by atoms with van der Waals surface area (Å²) in [5, 5.41) is 2.09. The fourth-order valence-corrected chi connectivity index (χ4v) is 3.65. The SMILES string of the molecule is C=CCOc1ccc(/C=C/C(=O)N2CCc3sccc3C2)cc1OC. The van der Waals surface area contributed by atoms with Crippen molar-refractivity contribution < 1.29 is 14.3 Å². The van der Waals surface area contributed by atoms with E-state index < -0.39 is 0 Å². The zero-order valence-corrected chi connectivity index (χ0v) is 15.1. The van der Waals surface area contributed by atoms with Crippen LogP contribution in [0.5, 0.6) is 11.5 Å². The van der Waals surface area contributed by atoms with Crippen LogP contribution in [0.25, 0.3) is 6.08 Å². The van der Waals surface area contributed by atoms with Gasteiger partial charge in [-0.3, -0.25) is 4.79 Å². The number of hydrogen-bond donors (Lipinski definition) is 0. The molecule has 0 saturated heterocycles. The first kappa shape index (κ1) is 17.3. The van der Waals surface area contributed by atoms with Crippen LogP contribution in [0.1, 0.15) is 16.0 Å². The van der Waals surface area contributed by atoms with Gasteiger partial charge >= 0.3 is 0 Å². The van der Waals surface area contributed by atoms with Gasteiger partial charge in [0.2, 0.25) is 5.91 Å². The van der Waals surface area contributed by atoms with E-state index in [-0.39, 0.29) is 5.91 Å². The van der Waals surface area contributed by atoms with Gasteiger partial charge in [0, 0.05) is 24.0 Å². The summed E-state index contributed by atoms with van der Waals surface area (Å²) in [4.78, 5) is 15.7. The number of hydrogen-bond acceptors (Lipinski definition) is 4. The second kappa shape index (κ2) is 8.03. The number of fused-ring (bicyclic) bond motifs is 1. The standard InChI is InChI=1S/C20H21NO3S/c1-3-11-24-17-6-4-15(13-18(17)23-2)5-7-20(22)21-10-8-19-16(14-21)9-12-25-19/h3-7,9,12-13H,1,8,10-11,14H2,2H3/b7-5+. The summed E-state index contributed by atoms with van der Waals surface area (Å²) in [6.07, 6.45) is 6.06. The number of nitrogens with zero attached hydrogens (tertiary/aromatic N) is 1. The Bertz CT molecular complexity index is 794. The van der Waals surface area contributed by atoms with Crippen LogP contribution in [-0.2, 0) is 17.8 Å². The Morgan fingerprint density at radius 3 is 3.04 bits per heavy atom. The highest BCUT2D eigenvalue weighted by molar-refractivity contribution is 7.10. The number of ether oxygens (including phenoxy) is 2. The van der Waals surface area contributed by atoms with Crippen molar-refractivity contribution in [3.05, 3.63) is 64.4 Å². The molecule has 1 aliphatic rings. The van der Waals surface area contributed by atoms with Crippen molar-refractivity contribution in [3.63, 3.8) is 0 Å². The molecule has 25 heavy (non-hydrogen) atoms. The highest BCUT2D eigenvalue weighted by Gasteiger charge is 2.19. The van der Waals surface area contributed by atoms with E-state index in [1.807, 2.05) is 29.2 Å². The summed E-state index contributed by atoms with van der Waals surface area (Å²) in [6.45, 7) is 5.52. The molecule has 5 heteroatoms. The lowest BCUT2D eigenvalue weighted by molar-refractivity contribution is -0.126. The second-order valence-electron chi connectivity index (χ2n) is 5.72. The minimum absolute atomic E-state index is 0.0304. The summed E-state index contributed by atoms with van der Waals surface area (Å²) >= 11 is 1.77. The van der Waals surface area contributed by atoms with E-state index in [2.05, 4.69) is 18.0 Å². The first-order valence-corrected chi connectivity index (χ1v) is 9.03. The van der Waals surface area contributed by atoms with Crippen LogP contribution in [0.2, 0.25) is 0 Å². The number of rotatable bonds is 6. The summed E-state index contributed by atoms with van der Waals surface area (Å²) < 4.78 is 10.9. The minimum atomic E-state index is 0.0304. The summed E-state index contributed by atoms with van der Waals surface area (Å²) in [5.74, 6) is 1.33. The van der Waals surface area contributed by atoms with Crippen LogP contribution < -0.4 is 9.47 Å². The molecule has 0 aliphatic carbocycles. The molecule has 0 unspecified atom stereocenters. The van der Waals surface area contributed by atoms with Gasteiger partial charge in [-0.05, 0) is 47.2 Å². The molecular formula is C20H21NO3S. The molecular weight excluding hydrogens is 334 g/mol. The van der Waals surface area contributed by atoms with E-state index in [4.69, 9.17) is 9.47 Å². The van der Waals surface area contributed by atoms with Gasteiger partial charge in [-0.2, -0.15) is 0 Å². The quantitative estimate of drug-likeness (QED) is 0.582. The maximum absolute atomic E-state index is 12.4. The first-order chi connectivity index (χ1) is 12.2. The highest BCUT2D eigenvalue weighted by atomic mass is 32.1. The lowest BCUT2D eigenvalue weighted by atomic mass is 10.1. The van der Waals surface area contributed by atoms with Crippen molar-refractivity contribution in [2.45, 2.75) is 13.0 Å². The Hall–Kier alpha value is -2.53. The Labute approximate surface area is 152 Å². The van der Waals surface area contributed by atoms with Gasteiger partial charge in [0.25, 0.3) is 0 Å². The van der Waals surface area contributed by atoms with Crippen LogP contribution in [0.3, 0.4) is 0 Å². The monoisotopic (exact) mass is 355 g/mol. The number of carbonyl (C=O) groups excluding carboxylic acids is 1. The molecule has 2 heterocycles. The van der Waals surface area contributed by atoms with E-state index in [0.717, 1.165) is 18.5 Å². The molecule has 0 N–H and O–H groups in total. The normalized spacial score (nSPS) is 13.6. The van der Waals surface area contributed by atoms with E-state index in [9.17, 15) is 4.79 Å². The third-order valence-electron chi connectivity index (χ3n) is 4.08. The van der Waals surface area contributed by atoms with Crippen molar-refractivity contribution >= 4 is 23.3 Å². The van der Waals surface area contributed by atoms with Crippen LogP contribution in [-0.4, -0.2) is 31.1 Å². The molecule has 1 amide bonds. The summed E-state index contributed by atoms with van der Waals surface area (Å²) in [7, 11) is 1.60. The average molecular weight is 355 g/mol. The average Bonchev–Trinajstić information content (AvgIpc) is 3.12. The maximum atomic E-state index is 12.4. The van der Waals surface area contributed by atoms with Gasteiger partial charge in [0.15, 0.2) is 11.5 Å². The molecule has 0 atom stereocenters. The van der Waals surface area contributed by atoms with Crippen molar-refractivity contribution in [2.24, 2.45) is 0 Å². The Kier molecular flexibility index (Phi) is 5.56. The number of carbonyl (C=O) groups is 1. The Morgan fingerprint density at radius 1 is 1.36 bits per heavy atom. The number of amides is 1. The van der Waals surface area contributed by atoms with Crippen molar-refractivity contribution in [1.29, 1.82) is 0 Å². The Balaban J connectivity index is 1.67. The van der Waals surface area contributed by atoms with Gasteiger partial charge < -0.3 is 14.4 Å². The van der Waals surface area contributed by atoms with Gasteiger partial charge in [-0.1, -0.05) is 18.7 Å². The van der Waals surface area contributed by atoms with Crippen molar-refractivity contribution in [1.82, 2.24) is 4.90 Å². The van der Waals surface area contributed by atoms with Gasteiger partial charge in [-0.25, -0.2) is 0 Å². The molecule has 0 radical (unpaired) electrons. The van der Waals surface area contributed by atoms with E-state index in [0.29, 0.717) is 24.7 Å². The fraction of sp³-hybridized carbons (Fsp3) is 0.250. The maximum Gasteiger partial charge on any atom is 0.246 e. The van der Waals surface area contributed by atoms with Crippen LogP contribution in [0, 0.1) is 0 Å². The van der Waals surface area contributed by atoms with Gasteiger partial charge in [0.05, 0.1) is 7.11 Å². The zero-order chi connectivity index (χ0) is 17.6. The van der Waals surface area contributed by atoms with Crippen LogP contribution >= 0.6 is 11.3 Å². The first-order valence-electron chi connectivity index (χ1n) is 8.15. The molecule has 1 aliphatic heterocycles. The van der Waals surface area contributed by atoms with Crippen molar-refractivity contribution in [2.75, 3.05) is 20.3 Å². The van der Waals surface area contributed by atoms with Gasteiger partial charge in [-0.15, -0.1) is 11.3 Å². The Morgan fingerprint density at radius 2 is 2.24 bits per heavy atom. The minimum Gasteiger partial charge on any atom is -0.493 e. The number of thiophene rings is 1. The third-order valence-corrected chi connectivity index (χ3v) is 5.11. The molecule has 2 aromatic rings. The largest absolute Gasteiger partial charge is 0.493 e.